The number of thioether (sulfide) groups is 1. The monoisotopic (exact) mass is 367 g/mol. The molecule has 1 amide bonds. The number of nitrogens with one attached hydrogen (secondary N) is 1. The Bertz CT molecular complexity index is 823. The van der Waals surface area contributed by atoms with Crippen LogP contribution in [0.2, 0.25) is 0 Å². The van der Waals surface area contributed by atoms with Crippen molar-refractivity contribution in [2.45, 2.75) is 37.0 Å². The molecule has 0 unspecified atom stereocenters. The quantitative estimate of drug-likeness (QED) is 0.802. The van der Waals surface area contributed by atoms with Crippen molar-refractivity contribution in [2.24, 2.45) is 0 Å². The van der Waals surface area contributed by atoms with Crippen molar-refractivity contribution >= 4 is 39.9 Å². The second-order valence-corrected chi connectivity index (χ2v) is 7.64. The van der Waals surface area contributed by atoms with E-state index < -0.39 is 11.5 Å². The Morgan fingerprint density at radius 1 is 1.42 bits per heavy atom. The van der Waals surface area contributed by atoms with E-state index in [0.717, 1.165) is 12.8 Å². The van der Waals surface area contributed by atoms with E-state index in [9.17, 15) is 19.5 Å². The Labute approximate surface area is 146 Å². The number of nitrogens with zero attached hydrogens (tertiary/aromatic N) is 2. The molecule has 9 heteroatoms. The fraction of sp³-hybridized carbons (Fsp3) is 0.467. The number of carbonyl (C=O) groups is 2. The van der Waals surface area contributed by atoms with Gasteiger partial charge in [0.1, 0.15) is 5.54 Å². The summed E-state index contributed by atoms with van der Waals surface area (Å²) in [6.45, 7) is 0. The predicted molar refractivity (Wildman–Crippen MR) is 92.5 cm³/mol. The largest absolute Gasteiger partial charge is 0.480 e. The number of rotatable bonds is 6. The van der Waals surface area contributed by atoms with Gasteiger partial charge in [-0.2, -0.15) is 0 Å². The number of amides is 1. The summed E-state index contributed by atoms with van der Waals surface area (Å²) in [5.41, 5.74) is -0.629. The fourth-order valence-corrected chi connectivity index (χ4v) is 4.34. The summed E-state index contributed by atoms with van der Waals surface area (Å²) in [6.07, 6.45) is 4.26. The molecule has 2 heterocycles. The molecule has 2 N–H and O–H groups in total. The number of hydrogen-bond acceptors (Lipinski definition) is 6. The first-order chi connectivity index (χ1) is 11.5. The molecule has 7 nitrogen and oxygen atoms in total. The number of hydrogen-bond donors (Lipinski definition) is 2. The Morgan fingerprint density at radius 3 is 2.88 bits per heavy atom. The normalized spacial score (nSPS) is 16.3. The number of thiazole rings is 1. The van der Waals surface area contributed by atoms with Gasteiger partial charge in [0.25, 0.3) is 5.56 Å². The van der Waals surface area contributed by atoms with E-state index in [2.05, 4.69) is 10.3 Å². The summed E-state index contributed by atoms with van der Waals surface area (Å²) in [5.74, 6) is -0.688. The second kappa shape index (κ2) is 6.94. The lowest BCUT2D eigenvalue weighted by molar-refractivity contribution is -0.147. The number of carboxylic acids is 1. The van der Waals surface area contributed by atoms with Crippen LogP contribution in [0.1, 0.15) is 31.4 Å². The summed E-state index contributed by atoms with van der Waals surface area (Å²) >= 11 is 2.69. The molecule has 128 valence electrons. The van der Waals surface area contributed by atoms with Crippen molar-refractivity contribution < 1.29 is 14.7 Å². The lowest BCUT2D eigenvalue weighted by Crippen LogP contribution is -2.53. The van der Waals surface area contributed by atoms with Gasteiger partial charge in [0, 0.05) is 23.4 Å². The first-order valence-corrected chi connectivity index (χ1v) is 9.62. The minimum Gasteiger partial charge on any atom is -0.480 e. The topological polar surface area (TPSA) is 101 Å². The van der Waals surface area contributed by atoms with E-state index in [4.69, 9.17) is 0 Å². The molecule has 1 aliphatic rings. The van der Waals surface area contributed by atoms with Crippen molar-refractivity contribution in [3.8, 4) is 0 Å². The maximum atomic E-state index is 12.1. The zero-order valence-corrected chi connectivity index (χ0v) is 14.5. The Kier molecular flexibility index (Phi) is 4.91. The van der Waals surface area contributed by atoms with Crippen LogP contribution in [0.15, 0.2) is 22.4 Å². The molecule has 1 saturated carbocycles. The average molecular weight is 367 g/mol. The summed E-state index contributed by atoms with van der Waals surface area (Å²) in [5, 5.41) is 13.8. The standard InChI is InChI=1S/C15H17N3O4S2/c19-11(17-15(13(21)22)3-1-2-4-15)9-23-8-10-7-12(20)18-5-6-24-14(18)16-10/h5-7H,1-4,8-9H2,(H,17,19)(H,21,22). The fourth-order valence-electron chi connectivity index (χ4n) is 2.88. The number of carboxylic acid groups (broad SMARTS) is 1. The number of aliphatic carboxylic acids is 1. The Balaban J connectivity index is 1.56. The highest BCUT2D eigenvalue weighted by Crippen LogP contribution is 2.30. The highest BCUT2D eigenvalue weighted by molar-refractivity contribution is 7.99. The molecule has 0 aliphatic heterocycles. The van der Waals surface area contributed by atoms with Crippen molar-refractivity contribution in [3.63, 3.8) is 0 Å². The van der Waals surface area contributed by atoms with Crippen molar-refractivity contribution in [1.82, 2.24) is 14.7 Å². The molecule has 2 aromatic rings. The maximum Gasteiger partial charge on any atom is 0.329 e. The summed E-state index contributed by atoms with van der Waals surface area (Å²) < 4.78 is 1.47. The molecule has 0 aromatic carbocycles. The van der Waals surface area contributed by atoms with E-state index in [1.807, 2.05) is 0 Å². The van der Waals surface area contributed by atoms with Gasteiger partial charge < -0.3 is 10.4 Å². The zero-order chi connectivity index (χ0) is 17.2. The third kappa shape index (κ3) is 3.46. The van der Waals surface area contributed by atoms with Crippen LogP contribution >= 0.6 is 23.1 Å². The Hall–Kier alpha value is -1.87. The van der Waals surface area contributed by atoms with Crippen LogP contribution in [0, 0.1) is 0 Å². The molecule has 3 rings (SSSR count). The van der Waals surface area contributed by atoms with Crippen LogP contribution in [-0.2, 0) is 15.3 Å². The van der Waals surface area contributed by atoms with Crippen LogP contribution in [0.3, 0.4) is 0 Å². The van der Waals surface area contributed by atoms with E-state index >= 15 is 0 Å². The summed E-state index contributed by atoms with van der Waals surface area (Å²) in [6, 6.07) is 1.46. The number of carbonyl (C=O) groups excluding carboxylic acids is 1. The average Bonchev–Trinajstić information content (AvgIpc) is 3.17. The van der Waals surface area contributed by atoms with Crippen molar-refractivity contribution in [1.29, 1.82) is 0 Å². The Morgan fingerprint density at radius 2 is 2.17 bits per heavy atom. The molecule has 0 spiro atoms. The molecule has 2 aromatic heterocycles. The van der Waals surface area contributed by atoms with Crippen molar-refractivity contribution in [2.75, 3.05) is 5.75 Å². The third-order valence-corrected chi connectivity index (χ3v) is 5.81. The second-order valence-electron chi connectivity index (χ2n) is 5.78. The lowest BCUT2D eigenvalue weighted by Gasteiger charge is -2.25. The van der Waals surface area contributed by atoms with Gasteiger partial charge in [0.2, 0.25) is 5.91 Å². The predicted octanol–water partition coefficient (Wildman–Crippen LogP) is 1.50. The van der Waals surface area contributed by atoms with E-state index in [1.54, 1.807) is 11.6 Å². The van der Waals surface area contributed by atoms with Crippen LogP contribution in [0.4, 0.5) is 0 Å². The maximum absolute atomic E-state index is 12.1. The van der Waals surface area contributed by atoms with Gasteiger partial charge in [-0.15, -0.1) is 23.1 Å². The lowest BCUT2D eigenvalue weighted by atomic mass is 9.98. The number of fused-ring (bicyclic) bond motifs is 1. The highest BCUT2D eigenvalue weighted by Gasteiger charge is 2.42. The minimum atomic E-state index is -1.11. The molecule has 0 bridgehead atoms. The molecule has 0 saturated heterocycles. The molecule has 1 aliphatic carbocycles. The molecule has 1 fully saturated rings. The highest BCUT2D eigenvalue weighted by atomic mass is 32.2. The van der Waals surface area contributed by atoms with Gasteiger partial charge in [0.15, 0.2) is 4.96 Å². The number of aromatic nitrogens is 2. The van der Waals surface area contributed by atoms with Crippen LogP contribution in [0.25, 0.3) is 4.96 Å². The molecule has 0 radical (unpaired) electrons. The molecule has 0 atom stereocenters. The first kappa shape index (κ1) is 17.0. The SMILES string of the molecule is O=C(CSCc1cc(=O)n2ccsc2n1)NC1(C(=O)O)CCCC1. The van der Waals surface area contributed by atoms with Crippen LogP contribution in [0.5, 0.6) is 0 Å². The van der Waals surface area contributed by atoms with Gasteiger partial charge >= 0.3 is 5.97 Å². The van der Waals surface area contributed by atoms with E-state index in [-0.39, 0.29) is 17.2 Å². The summed E-state index contributed by atoms with van der Waals surface area (Å²) in [7, 11) is 0. The van der Waals surface area contributed by atoms with Crippen LogP contribution < -0.4 is 10.9 Å². The summed E-state index contributed by atoms with van der Waals surface area (Å²) in [4.78, 5) is 40.4. The van der Waals surface area contributed by atoms with Gasteiger partial charge in [0.05, 0.1) is 11.4 Å². The van der Waals surface area contributed by atoms with E-state index in [1.165, 1.54) is 33.6 Å². The van der Waals surface area contributed by atoms with Gasteiger partial charge in [-0.3, -0.25) is 14.0 Å². The molecular formula is C15H17N3O4S2. The minimum absolute atomic E-state index is 0.139. The van der Waals surface area contributed by atoms with Gasteiger partial charge in [-0.25, -0.2) is 9.78 Å². The smallest absolute Gasteiger partial charge is 0.329 e. The first-order valence-electron chi connectivity index (χ1n) is 7.58. The molecule has 24 heavy (non-hydrogen) atoms. The van der Waals surface area contributed by atoms with Crippen molar-refractivity contribution in [3.05, 3.63) is 33.7 Å². The molecular weight excluding hydrogens is 350 g/mol. The third-order valence-electron chi connectivity index (χ3n) is 4.08. The van der Waals surface area contributed by atoms with E-state index in [0.29, 0.717) is 29.2 Å². The van der Waals surface area contributed by atoms with Gasteiger partial charge in [-0.05, 0) is 12.8 Å². The van der Waals surface area contributed by atoms with Crippen LogP contribution in [-0.4, -0.2) is 37.7 Å². The zero-order valence-electron chi connectivity index (χ0n) is 12.9. The van der Waals surface area contributed by atoms with Gasteiger partial charge in [-0.1, -0.05) is 12.8 Å².